The number of hydrogen-bond donors (Lipinski definition) is 0. The first-order valence-corrected chi connectivity index (χ1v) is 7.28. The average molecular weight is 334 g/mol. The largest absolute Gasteiger partial charge is 0.465 e. The van der Waals surface area contributed by atoms with E-state index in [4.69, 9.17) is 9.15 Å². The minimum Gasteiger partial charge on any atom is -0.465 e. The Morgan fingerprint density at radius 3 is 2.38 bits per heavy atom. The molecule has 0 bridgehead atoms. The van der Waals surface area contributed by atoms with Crippen LogP contribution in [-0.4, -0.2) is 6.61 Å². The fourth-order valence-electron chi connectivity index (χ4n) is 2.54. The van der Waals surface area contributed by atoms with E-state index in [-0.39, 0.29) is 23.7 Å². The molecule has 0 aliphatic rings. The van der Waals surface area contributed by atoms with E-state index in [1.165, 1.54) is 12.1 Å². The summed E-state index contributed by atoms with van der Waals surface area (Å²) in [7, 11) is 0. The van der Waals surface area contributed by atoms with Crippen LogP contribution in [0, 0.1) is 0 Å². The highest BCUT2D eigenvalue weighted by Crippen LogP contribution is 2.37. The van der Waals surface area contributed by atoms with Crippen LogP contribution in [0.3, 0.4) is 0 Å². The van der Waals surface area contributed by atoms with Crippen LogP contribution in [0.1, 0.15) is 12.5 Å². The van der Waals surface area contributed by atoms with Crippen molar-refractivity contribution in [1.82, 2.24) is 0 Å². The van der Waals surface area contributed by atoms with E-state index in [2.05, 4.69) is 0 Å². The Morgan fingerprint density at radius 1 is 1.04 bits per heavy atom. The Balaban J connectivity index is 2.43. The quantitative estimate of drug-likeness (QED) is 0.685. The number of hydrogen-bond acceptors (Lipinski definition) is 3. The molecule has 0 N–H and O–H groups in total. The fourth-order valence-corrected chi connectivity index (χ4v) is 2.54. The van der Waals surface area contributed by atoms with Gasteiger partial charge in [0.2, 0.25) is 5.43 Å². The standard InChI is InChI=1S/C18H13F3O3/c1-2-23-17-14(11-7-4-3-5-8-11)16(22)15-12(18(19,20)21)9-6-10-13(15)24-17/h3-10H,2H2,1H3. The zero-order valence-electron chi connectivity index (χ0n) is 12.7. The van der Waals surface area contributed by atoms with Crippen molar-refractivity contribution >= 4 is 11.0 Å². The van der Waals surface area contributed by atoms with Crippen molar-refractivity contribution in [3.05, 3.63) is 64.3 Å². The fraction of sp³-hybridized carbons (Fsp3) is 0.167. The maximum Gasteiger partial charge on any atom is 0.417 e. The van der Waals surface area contributed by atoms with Gasteiger partial charge in [-0.15, -0.1) is 0 Å². The highest BCUT2D eigenvalue weighted by atomic mass is 19.4. The molecule has 0 aliphatic carbocycles. The summed E-state index contributed by atoms with van der Waals surface area (Å²) >= 11 is 0. The van der Waals surface area contributed by atoms with Gasteiger partial charge in [0.1, 0.15) is 11.1 Å². The van der Waals surface area contributed by atoms with Gasteiger partial charge in [0.15, 0.2) is 0 Å². The van der Waals surface area contributed by atoms with Crippen LogP contribution in [0.5, 0.6) is 5.95 Å². The van der Waals surface area contributed by atoms with Crippen molar-refractivity contribution < 1.29 is 22.3 Å². The van der Waals surface area contributed by atoms with Gasteiger partial charge in [-0.3, -0.25) is 4.79 Å². The first kappa shape index (κ1) is 16.1. The lowest BCUT2D eigenvalue weighted by molar-refractivity contribution is -0.136. The second-order valence-electron chi connectivity index (χ2n) is 5.07. The highest BCUT2D eigenvalue weighted by Gasteiger charge is 2.35. The molecular weight excluding hydrogens is 321 g/mol. The van der Waals surface area contributed by atoms with Crippen molar-refractivity contribution in [1.29, 1.82) is 0 Å². The lowest BCUT2D eigenvalue weighted by Crippen LogP contribution is -2.15. The van der Waals surface area contributed by atoms with E-state index in [1.54, 1.807) is 37.3 Å². The molecule has 1 heterocycles. The molecule has 0 fully saturated rings. The number of ether oxygens (including phenoxy) is 1. The predicted octanol–water partition coefficient (Wildman–Crippen LogP) is 4.88. The third kappa shape index (κ3) is 2.75. The van der Waals surface area contributed by atoms with E-state index in [1.807, 2.05) is 0 Å². The van der Waals surface area contributed by atoms with Gasteiger partial charge in [0, 0.05) is 0 Å². The summed E-state index contributed by atoms with van der Waals surface area (Å²) < 4.78 is 50.6. The smallest absolute Gasteiger partial charge is 0.417 e. The number of alkyl halides is 3. The zero-order valence-corrected chi connectivity index (χ0v) is 12.7. The van der Waals surface area contributed by atoms with Gasteiger partial charge < -0.3 is 9.15 Å². The molecule has 3 aromatic rings. The Morgan fingerprint density at radius 2 is 1.75 bits per heavy atom. The van der Waals surface area contributed by atoms with E-state index >= 15 is 0 Å². The minimum absolute atomic E-state index is 0.0124. The summed E-state index contributed by atoms with van der Waals surface area (Å²) in [5.41, 5.74) is -1.51. The molecule has 124 valence electrons. The Kier molecular flexibility index (Phi) is 4.05. The molecular formula is C18H13F3O3. The highest BCUT2D eigenvalue weighted by molar-refractivity contribution is 5.87. The SMILES string of the molecule is CCOc1oc2cccc(C(F)(F)F)c2c(=O)c1-c1ccccc1. The van der Waals surface area contributed by atoms with Crippen molar-refractivity contribution in [2.24, 2.45) is 0 Å². The van der Waals surface area contributed by atoms with Crippen LogP contribution in [0.25, 0.3) is 22.1 Å². The van der Waals surface area contributed by atoms with E-state index in [0.717, 1.165) is 6.07 Å². The molecule has 0 unspecified atom stereocenters. The molecule has 3 nitrogen and oxygen atoms in total. The zero-order chi connectivity index (χ0) is 17.3. The van der Waals surface area contributed by atoms with Crippen LogP contribution in [0.15, 0.2) is 57.7 Å². The van der Waals surface area contributed by atoms with Gasteiger partial charge >= 0.3 is 6.18 Å². The maximum atomic E-state index is 13.3. The monoisotopic (exact) mass is 334 g/mol. The molecule has 0 saturated carbocycles. The maximum absolute atomic E-state index is 13.3. The molecule has 3 rings (SSSR count). The Hall–Kier alpha value is -2.76. The van der Waals surface area contributed by atoms with Gasteiger partial charge in [0.05, 0.1) is 17.6 Å². The molecule has 6 heteroatoms. The number of benzene rings is 2. The minimum atomic E-state index is -4.66. The van der Waals surface area contributed by atoms with E-state index in [9.17, 15) is 18.0 Å². The molecule has 0 amide bonds. The van der Waals surface area contributed by atoms with Gasteiger partial charge in [-0.05, 0) is 24.6 Å². The first-order chi connectivity index (χ1) is 11.4. The van der Waals surface area contributed by atoms with Crippen molar-refractivity contribution in [2.45, 2.75) is 13.1 Å². The average Bonchev–Trinajstić information content (AvgIpc) is 2.55. The third-order valence-corrected chi connectivity index (χ3v) is 3.53. The van der Waals surface area contributed by atoms with Crippen LogP contribution in [-0.2, 0) is 6.18 Å². The van der Waals surface area contributed by atoms with Crippen LogP contribution >= 0.6 is 0 Å². The molecule has 0 radical (unpaired) electrons. The molecule has 24 heavy (non-hydrogen) atoms. The van der Waals surface area contributed by atoms with Crippen molar-refractivity contribution in [3.63, 3.8) is 0 Å². The normalized spacial score (nSPS) is 11.7. The second kappa shape index (κ2) is 6.03. The van der Waals surface area contributed by atoms with E-state index in [0.29, 0.717) is 5.56 Å². The third-order valence-electron chi connectivity index (χ3n) is 3.53. The topological polar surface area (TPSA) is 39.4 Å². The van der Waals surface area contributed by atoms with E-state index < -0.39 is 22.6 Å². The van der Waals surface area contributed by atoms with Crippen molar-refractivity contribution in [2.75, 3.05) is 6.61 Å². The predicted molar refractivity (Wildman–Crippen MR) is 84.1 cm³/mol. The van der Waals surface area contributed by atoms with Gasteiger partial charge in [-0.2, -0.15) is 13.2 Å². The van der Waals surface area contributed by atoms with Crippen LogP contribution in [0.4, 0.5) is 13.2 Å². The number of rotatable bonds is 3. The van der Waals surface area contributed by atoms with Crippen LogP contribution in [0.2, 0.25) is 0 Å². The molecule has 0 atom stereocenters. The summed E-state index contributed by atoms with van der Waals surface area (Å²) in [5.74, 6) is -0.0828. The molecule has 0 spiro atoms. The summed E-state index contributed by atoms with van der Waals surface area (Å²) in [6.07, 6.45) is -4.66. The number of halogens is 3. The molecule has 2 aromatic carbocycles. The number of fused-ring (bicyclic) bond motifs is 1. The van der Waals surface area contributed by atoms with Gasteiger partial charge in [0.25, 0.3) is 5.95 Å². The second-order valence-corrected chi connectivity index (χ2v) is 5.07. The Bertz CT molecular complexity index is 928. The van der Waals surface area contributed by atoms with Crippen molar-refractivity contribution in [3.8, 4) is 17.1 Å². The molecule has 0 aliphatic heterocycles. The van der Waals surface area contributed by atoms with Gasteiger partial charge in [-0.25, -0.2) is 0 Å². The summed E-state index contributed by atoms with van der Waals surface area (Å²) in [6, 6.07) is 11.7. The lowest BCUT2D eigenvalue weighted by Gasteiger charge is -2.13. The summed E-state index contributed by atoms with van der Waals surface area (Å²) in [5, 5.41) is -0.493. The molecule has 1 aromatic heterocycles. The lowest BCUT2D eigenvalue weighted by atomic mass is 10.0. The summed E-state index contributed by atoms with van der Waals surface area (Å²) in [6.45, 7) is 1.92. The Labute approximate surface area is 135 Å². The van der Waals surface area contributed by atoms with Gasteiger partial charge in [-0.1, -0.05) is 36.4 Å². The summed E-state index contributed by atoms with van der Waals surface area (Å²) in [4.78, 5) is 12.9. The molecule has 0 saturated heterocycles. The van der Waals surface area contributed by atoms with Crippen LogP contribution < -0.4 is 10.2 Å². The first-order valence-electron chi connectivity index (χ1n) is 7.28.